The maximum atomic E-state index is 11.8. The minimum Gasteiger partial charge on any atom is -0.480 e. The maximum Gasteiger partial charge on any atom is 0.326 e. The van der Waals surface area contributed by atoms with E-state index >= 15 is 0 Å². The predicted octanol–water partition coefficient (Wildman–Crippen LogP) is 0.830. The first-order valence-corrected chi connectivity index (χ1v) is 6.38. The van der Waals surface area contributed by atoms with Crippen molar-refractivity contribution in [3.8, 4) is 0 Å². The van der Waals surface area contributed by atoms with Gasteiger partial charge in [-0.2, -0.15) is 0 Å². The van der Waals surface area contributed by atoms with Crippen LogP contribution in [0.25, 0.3) is 0 Å². The van der Waals surface area contributed by atoms with Crippen LogP contribution < -0.4 is 5.32 Å². The van der Waals surface area contributed by atoms with Crippen molar-refractivity contribution in [2.24, 2.45) is 0 Å². The molecule has 1 aromatic heterocycles. The van der Waals surface area contributed by atoms with E-state index in [0.29, 0.717) is 12.2 Å². The van der Waals surface area contributed by atoms with Gasteiger partial charge in [0, 0.05) is 32.1 Å². The van der Waals surface area contributed by atoms with Crippen LogP contribution in [0.4, 0.5) is 0 Å². The van der Waals surface area contributed by atoms with Crippen LogP contribution in [0.1, 0.15) is 29.9 Å². The Morgan fingerprint density at radius 1 is 1.45 bits per heavy atom. The van der Waals surface area contributed by atoms with Gasteiger partial charge in [-0.3, -0.25) is 4.79 Å². The molecule has 0 aliphatic carbocycles. The molecule has 0 radical (unpaired) electrons. The number of carboxylic acid groups (broad SMARTS) is 1. The number of amides is 1. The zero-order chi connectivity index (χ0) is 15.1. The van der Waals surface area contributed by atoms with E-state index in [1.165, 1.54) is 7.11 Å². The number of carbonyl (C=O) groups is 2. The van der Waals surface area contributed by atoms with Gasteiger partial charge in [0.05, 0.1) is 5.69 Å². The number of carbonyl (C=O) groups excluding carboxylic acids is 1. The molecule has 0 aromatic carbocycles. The third-order valence-corrected chi connectivity index (χ3v) is 3.03. The molecule has 0 bridgehead atoms. The van der Waals surface area contributed by atoms with E-state index < -0.39 is 12.0 Å². The first-order chi connectivity index (χ1) is 9.45. The Morgan fingerprint density at radius 3 is 2.65 bits per heavy atom. The van der Waals surface area contributed by atoms with E-state index in [1.807, 2.05) is 6.92 Å². The van der Waals surface area contributed by atoms with Crippen LogP contribution >= 0.6 is 0 Å². The molecule has 1 amide bonds. The van der Waals surface area contributed by atoms with Crippen LogP contribution in [0.15, 0.2) is 4.52 Å². The number of hydrogen-bond donors (Lipinski definition) is 2. The van der Waals surface area contributed by atoms with Crippen molar-refractivity contribution < 1.29 is 24.0 Å². The second kappa shape index (κ2) is 7.64. The van der Waals surface area contributed by atoms with Gasteiger partial charge in [-0.25, -0.2) is 4.79 Å². The minimum absolute atomic E-state index is 0.194. The third kappa shape index (κ3) is 4.65. The van der Waals surface area contributed by atoms with E-state index in [1.54, 1.807) is 6.92 Å². The molecule has 0 fully saturated rings. The van der Waals surface area contributed by atoms with Gasteiger partial charge in [0.15, 0.2) is 0 Å². The van der Waals surface area contributed by atoms with Crippen molar-refractivity contribution in [1.29, 1.82) is 0 Å². The summed E-state index contributed by atoms with van der Waals surface area (Å²) in [4.78, 5) is 22.8. The van der Waals surface area contributed by atoms with Gasteiger partial charge in [0.25, 0.3) is 0 Å². The van der Waals surface area contributed by atoms with Gasteiger partial charge < -0.3 is 19.7 Å². The summed E-state index contributed by atoms with van der Waals surface area (Å²) in [5.74, 6) is -0.689. The van der Waals surface area contributed by atoms with E-state index in [9.17, 15) is 9.59 Å². The first kappa shape index (κ1) is 16.2. The zero-order valence-electron chi connectivity index (χ0n) is 11.9. The molecule has 1 aromatic rings. The second-order valence-corrected chi connectivity index (χ2v) is 4.54. The van der Waals surface area contributed by atoms with Crippen LogP contribution in [-0.2, 0) is 20.7 Å². The molecule has 7 nitrogen and oxygen atoms in total. The average molecular weight is 284 g/mol. The number of aryl methyl sites for hydroxylation is 2. The molecule has 1 heterocycles. The second-order valence-electron chi connectivity index (χ2n) is 4.54. The average Bonchev–Trinajstić information content (AvgIpc) is 2.71. The van der Waals surface area contributed by atoms with Crippen LogP contribution in [0.2, 0.25) is 0 Å². The molecule has 2 N–H and O–H groups in total. The van der Waals surface area contributed by atoms with Crippen molar-refractivity contribution >= 4 is 11.9 Å². The minimum atomic E-state index is -1.06. The van der Waals surface area contributed by atoms with Gasteiger partial charge in [-0.05, 0) is 20.3 Å². The zero-order valence-corrected chi connectivity index (χ0v) is 11.9. The highest BCUT2D eigenvalue weighted by atomic mass is 16.5. The summed E-state index contributed by atoms with van der Waals surface area (Å²) in [6.45, 7) is 3.87. The summed E-state index contributed by atoms with van der Waals surface area (Å²) >= 11 is 0. The Bertz CT molecular complexity index is 450. The van der Waals surface area contributed by atoms with Crippen LogP contribution in [0, 0.1) is 13.8 Å². The lowest BCUT2D eigenvalue weighted by molar-refractivity contribution is -0.142. The summed E-state index contributed by atoms with van der Waals surface area (Å²) in [5, 5.41) is 15.3. The van der Waals surface area contributed by atoms with Crippen LogP contribution in [0.5, 0.6) is 0 Å². The number of ether oxygens (including phenoxy) is 1. The molecular formula is C13H20N2O5. The fraction of sp³-hybridized carbons (Fsp3) is 0.615. The Kier molecular flexibility index (Phi) is 6.17. The highest BCUT2D eigenvalue weighted by molar-refractivity contribution is 5.83. The van der Waals surface area contributed by atoms with Crippen molar-refractivity contribution in [2.75, 3.05) is 13.7 Å². The number of aromatic nitrogens is 1. The number of nitrogens with one attached hydrogen (secondary N) is 1. The molecule has 0 spiro atoms. The molecule has 1 rings (SSSR count). The number of aliphatic carboxylic acids is 1. The van der Waals surface area contributed by atoms with Crippen molar-refractivity contribution in [1.82, 2.24) is 10.5 Å². The lowest BCUT2D eigenvalue weighted by atomic mass is 10.1. The summed E-state index contributed by atoms with van der Waals surface area (Å²) < 4.78 is 9.83. The summed E-state index contributed by atoms with van der Waals surface area (Å²) in [6, 6.07) is -0.924. The largest absolute Gasteiger partial charge is 0.480 e. The fourth-order valence-corrected chi connectivity index (χ4v) is 1.86. The van der Waals surface area contributed by atoms with Gasteiger partial charge in [-0.1, -0.05) is 5.16 Å². The Balaban J connectivity index is 2.48. The van der Waals surface area contributed by atoms with E-state index in [0.717, 1.165) is 11.3 Å². The smallest absolute Gasteiger partial charge is 0.326 e. The summed E-state index contributed by atoms with van der Waals surface area (Å²) in [7, 11) is 1.48. The molecule has 112 valence electrons. The highest BCUT2D eigenvalue weighted by Crippen LogP contribution is 2.14. The number of hydrogen-bond acceptors (Lipinski definition) is 5. The Morgan fingerprint density at radius 2 is 2.15 bits per heavy atom. The molecule has 0 aliphatic rings. The highest BCUT2D eigenvalue weighted by Gasteiger charge is 2.20. The topological polar surface area (TPSA) is 102 Å². The molecule has 0 saturated carbocycles. The van der Waals surface area contributed by atoms with Gasteiger partial charge in [-0.15, -0.1) is 0 Å². The first-order valence-electron chi connectivity index (χ1n) is 6.38. The van der Waals surface area contributed by atoms with Crippen molar-refractivity contribution in [3.63, 3.8) is 0 Å². The predicted molar refractivity (Wildman–Crippen MR) is 70.4 cm³/mol. The molecule has 0 aliphatic heterocycles. The van der Waals surface area contributed by atoms with E-state index in [4.69, 9.17) is 14.4 Å². The number of methoxy groups -OCH3 is 1. The number of nitrogens with zero attached hydrogens (tertiary/aromatic N) is 1. The molecule has 1 unspecified atom stereocenters. The van der Waals surface area contributed by atoms with Crippen LogP contribution in [-0.4, -0.2) is 41.9 Å². The quantitative estimate of drug-likeness (QED) is 0.733. The number of rotatable bonds is 8. The molecule has 7 heteroatoms. The fourth-order valence-electron chi connectivity index (χ4n) is 1.86. The normalized spacial score (nSPS) is 12.2. The van der Waals surface area contributed by atoms with Crippen molar-refractivity contribution in [3.05, 3.63) is 17.0 Å². The van der Waals surface area contributed by atoms with Gasteiger partial charge in [0.2, 0.25) is 5.91 Å². The van der Waals surface area contributed by atoms with Crippen molar-refractivity contribution in [2.45, 2.75) is 39.2 Å². The summed E-state index contributed by atoms with van der Waals surface area (Å²) in [5.41, 5.74) is 1.65. The SMILES string of the molecule is COCCC(NC(=O)CCc1c(C)noc1C)C(=O)O. The summed E-state index contributed by atoms with van der Waals surface area (Å²) in [6.07, 6.45) is 0.909. The standard InChI is InChI=1S/C13H20N2O5/c1-8-10(9(2)20-15-8)4-5-12(16)14-11(13(17)18)6-7-19-3/h11H,4-7H2,1-3H3,(H,14,16)(H,17,18). The lowest BCUT2D eigenvalue weighted by Crippen LogP contribution is -2.41. The monoisotopic (exact) mass is 284 g/mol. The van der Waals surface area contributed by atoms with E-state index in [-0.39, 0.29) is 25.4 Å². The van der Waals surface area contributed by atoms with Crippen LogP contribution in [0.3, 0.4) is 0 Å². The number of carboxylic acids is 1. The van der Waals surface area contributed by atoms with Gasteiger partial charge >= 0.3 is 5.97 Å². The maximum absolute atomic E-state index is 11.8. The molecule has 1 atom stereocenters. The van der Waals surface area contributed by atoms with E-state index in [2.05, 4.69) is 10.5 Å². The third-order valence-electron chi connectivity index (χ3n) is 3.03. The molecular weight excluding hydrogens is 264 g/mol. The molecule has 20 heavy (non-hydrogen) atoms. The van der Waals surface area contributed by atoms with Gasteiger partial charge in [0.1, 0.15) is 11.8 Å². The lowest BCUT2D eigenvalue weighted by Gasteiger charge is -2.13. The Labute approximate surface area is 117 Å². The molecule has 0 saturated heterocycles. The Hall–Kier alpha value is -1.89.